The Labute approximate surface area is 227 Å². The molecule has 200 valence electrons. The molecular formula is C31H34ClFN2O3. The Balaban J connectivity index is 1.77. The number of rotatable bonds is 10. The van der Waals surface area contributed by atoms with Crippen LogP contribution in [0.1, 0.15) is 78.9 Å². The summed E-state index contributed by atoms with van der Waals surface area (Å²) >= 11 is 6.23. The first-order valence-corrected chi connectivity index (χ1v) is 13.5. The van der Waals surface area contributed by atoms with Crippen molar-refractivity contribution in [1.82, 2.24) is 10.3 Å². The summed E-state index contributed by atoms with van der Waals surface area (Å²) in [6.45, 7) is 6.18. The predicted octanol–water partition coefficient (Wildman–Crippen LogP) is 5.73. The Hall–Kier alpha value is -3.38. The van der Waals surface area contributed by atoms with Gasteiger partial charge in [-0.25, -0.2) is 4.39 Å². The zero-order valence-corrected chi connectivity index (χ0v) is 22.7. The first kappa shape index (κ1) is 27.6. The van der Waals surface area contributed by atoms with Gasteiger partial charge in [0, 0.05) is 40.4 Å². The summed E-state index contributed by atoms with van der Waals surface area (Å²) < 4.78 is 15.3. The van der Waals surface area contributed by atoms with E-state index in [1.165, 1.54) is 0 Å². The Morgan fingerprint density at radius 3 is 2.37 bits per heavy atom. The van der Waals surface area contributed by atoms with Crippen LogP contribution in [0.5, 0.6) is 0 Å². The van der Waals surface area contributed by atoms with Crippen molar-refractivity contribution in [2.45, 2.75) is 51.9 Å². The number of aromatic nitrogens is 1. The SMILES string of the molecule is CCC[C@H](c1ccc(C(=O)NCCC(=O)O)cc1)[C@H](c1ccc(Cl)cc1)c1c[nH]c2c1=CC(C)C(C)C=2F. The lowest BCUT2D eigenvalue weighted by atomic mass is 9.74. The van der Waals surface area contributed by atoms with Gasteiger partial charge in [0.05, 0.1) is 11.8 Å². The average molecular weight is 537 g/mol. The number of carboxylic acid groups (broad SMARTS) is 1. The number of amides is 1. The van der Waals surface area contributed by atoms with Crippen LogP contribution in [0.3, 0.4) is 0 Å². The third kappa shape index (κ3) is 5.86. The maximum Gasteiger partial charge on any atom is 0.305 e. The lowest BCUT2D eigenvalue weighted by Crippen LogP contribution is -2.36. The van der Waals surface area contributed by atoms with E-state index < -0.39 is 5.97 Å². The van der Waals surface area contributed by atoms with Gasteiger partial charge in [-0.1, -0.05) is 69.1 Å². The molecule has 4 rings (SSSR count). The molecule has 0 aliphatic heterocycles. The van der Waals surface area contributed by atoms with Crippen LogP contribution in [0.4, 0.5) is 4.39 Å². The number of nitrogens with one attached hydrogen (secondary N) is 2. The van der Waals surface area contributed by atoms with Crippen molar-refractivity contribution in [1.29, 1.82) is 0 Å². The summed E-state index contributed by atoms with van der Waals surface area (Å²) in [5.41, 5.74) is 3.69. The highest BCUT2D eigenvalue weighted by Crippen LogP contribution is 2.41. The molecule has 0 saturated carbocycles. The standard InChI is InChI=1S/C31H34ClFN2O3/c1-4-5-24(20-6-8-22(9-7-20)31(38)34-15-14-27(36)37)28(21-10-12-23(32)13-11-21)26-17-35-30-25(26)16-18(2)19(3)29(30)33/h6-13,16-19,24,28,35H,4-5,14-15H2,1-3H3,(H,34,38)(H,36,37)/t18?,19?,24-,28+/m1/s1. The summed E-state index contributed by atoms with van der Waals surface area (Å²) in [6.07, 6.45) is 5.81. The van der Waals surface area contributed by atoms with E-state index >= 15 is 4.39 Å². The van der Waals surface area contributed by atoms with Gasteiger partial charge < -0.3 is 15.4 Å². The molecule has 2 aromatic carbocycles. The molecule has 1 aliphatic carbocycles. The minimum Gasteiger partial charge on any atom is -0.481 e. The van der Waals surface area contributed by atoms with Crippen LogP contribution >= 0.6 is 11.6 Å². The van der Waals surface area contributed by atoms with E-state index in [2.05, 4.69) is 23.3 Å². The molecule has 5 nitrogen and oxygen atoms in total. The molecule has 1 amide bonds. The summed E-state index contributed by atoms with van der Waals surface area (Å²) in [5.74, 6) is -1.47. The van der Waals surface area contributed by atoms with Gasteiger partial charge in [-0.05, 0) is 59.2 Å². The lowest BCUT2D eigenvalue weighted by Gasteiger charge is -2.29. The molecule has 3 aromatic rings. The Bertz CT molecular complexity index is 1410. The van der Waals surface area contributed by atoms with Crippen LogP contribution in [-0.2, 0) is 4.79 Å². The van der Waals surface area contributed by atoms with Crippen molar-refractivity contribution in [2.24, 2.45) is 11.8 Å². The van der Waals surface area contributed by atoms with E-state index in [-0.39, 0.29) is 48.4 Å². The van der Waals surface area contributed by atoms with E-state index in [1.807, 2.05) is 56.4 Å². The number of aliphatic carboxylic acids is 1. The molecular weight excluding hydrogens is 503 g/mol. The molecule has 2 unspecified atom stereocenters. The Kier molecular flexibility index (Phi) is 8.72. The van der Waals surface area contributed by atoms with Crippen LogP contribution in [0, 0.1) is 11.8 Å². The third-order valence-electron chi connectivity index (χ3n) is 7.60. The maximum atomic E-state index is 15.3. The van der Waals surface area contributed by atoms with Gasteiger partial charge in [0.1, 0.15) is 5.83 Å². The van der Waals surface area contributed by atoms with Crippen LogP contribution in [0.25, 0.3) is 11.9 Å². The van der Waals surface area contributed by atoms with Crippen molar-refractivity contribution in [3.8, 4) is 0 Å². The van der Waals surface area contributed by atoms with Gasteiger partial charge in [0.25, 0.3) is 5.91 Å². The molecule has 0 bridgehead atoms. The summed E-state index contributed by atoms with van der Waals surface area (Å²) in [4.78, 5) is 26.5. The van der Waals surface area contributed by atoms with Crippen molar-refractivity contribution in [3.63, 3.8) is 0 Å². The number of hydrogen-bond acceptors (Lipinski definition) is 2. The fourth-order valence-corrected chi connectivity index (χ4v) is 5.48. The Morgan fingerprint density at radius 2 is 1.74 bits per heavy atom. The molecule has 7 heteroatoms. The monoisotopic (exact) mass is 536 g/mol. The number of fused-ring (bicyclic) bond motifs is 1. The largest absolute Gasteiger partial charge is 0.481 e. The second-order valence-corrected chi connectivity index (χ2v) is 10.6. The Morgan fingerprint density at radius 1 is 1.08 bits per heavy atom. The third-order valence-corrected chi connectivity index (χ3v) is 7.85. The van der Waals surface area contributed by atoms with Gasteiger partial charge in [0.15, 0.2) is 0 Å². The second-order valence-electron chi connectivity index (χ2n) is 10.1. The van der Waals surface area contributed by atoms with Crippen molar-refractivity contribution >= 4 is 35.4 Å². The van der Waals surface area contributed by atoms with Crippen LogP contribution in [0.15, 0.2) is 54.7 Å². The minimum absolute atomic E-state index is 0.0629. The molecule has 0 spiro atoms. The van der Waals surface area contributed by atoms with E-state index in [1.54, 1.807) is 12.1 Å². The first-order chi connectivity index (χ1) is 18.2. The normalized spacial score (nSPS) is 18.3. The minimum atomic E-state index is -0.957. The van der Waals surface area contributed by atoms with E-state index in [0.29, 0.717) is 15.9 Å². The molecule has 4 atom stereocenters. The zero-order chi connectivity index (χ0) is 27.4. The molecule has 38 heavy (non-hydrogen) atoms. The lowest BCUT2D eigenvalue weighted by molar-refractivity contribution is -0.136. The van der Waals surface area contributed by atoms with Gasteiger partial charge in [0.2, 0.25) is 0 Å². The number of H-pyrrole nitrogens is 1. The summed E-state index contributed by atoms with van der Waals surface area (Å²) in [5, 5.41) is 13.6. The van der Waals surface area contributed by atoms with Crippen molar-refractivity contribution < 1.29 is 19.1 Å². The van der Waals surface area contributed by atoms with Gasteiger partial charge >= 0.3 is 5.97 Å². The number of hydrogen-bond donors (Lipinski definition) is 3. The fourth-order valence-electron chi connectivity index (χ4n) is 5.35. The van der Waals surface area contributed by atoms with Gasteiger partial charge in [-0.2, -0.15) is 0 Å². The predicted molar refractivity (Wildman–Crippen MR) is 149 cm³/mol. The first-order valence-electron chi connectivity index (χ1n) is 13.2. The zero-order valence-electron chi connectivity index (χ0n) is 21.9. The van der Waals surface area contributed by atoms with E-state index in [9.17, 15) is 9.59 Å². The highest BCUT2D eigenvalue weighted by molar-refractivity contribution is 6.30. The smallest absolute Gasteiger partial charge is 0.305 e. The van der Waals surface area contributed by atoms with Crippen LogP contribution < -0.4 is 15.9 Å². The maximum absolute atomic E-state index is 15.3. The second kappa shape index (κ2) is 12.0. The molecule has 0 radical (unpaired) electrons. The number of aromatic amines is 1. The summed E-state index contributed by atoms with van der Waals surface area (Å²) in [7, 11) is 0. The van der Waals surface area contributed by atoms with Crippen LogP contribution in [-0.4, -0.2) is 28.5 Å². The number of carbonyl (C=O) groups is 2. The van der Waals surface area contributed by atoms with E-state index in [0.717, 1.165) is 34.8 Å². The molecule has 1 aliphatic rings. The highest BCUT2D eigenvalue weighted by Gasteiger charge is 2.30. The van der Waals surface area contributed by atoms with Crippen molar-refractivity contribution in [2.75, 3.05) is 6.54 Å². The van der Waals surface area contributed by atoms with Gasteiger partial charge in [-0.15, -0.1) is 0 Å². The molecule has 1 heterocycles. The van der Waals surface area contributed by atoms with E-state index in [4.69, 9.17) is 16.7 Å². The van der Waals surface area contributed by atoms with Crippen LogP contribution in [0.2, 0.25) is 5.02 Å². The molecule has 3 N–H and O–H groups in total. The van der Waals surface area contributed by atoms with Gasteiger partial charge in [-0.3, -0.25) is 9.59 Å². The number of halogens is 2. The molecule has 0 saturated heterocycles. The molecule has 0 fully saturated rings. The topological polar surface area (TPSA) is 82.2 Å². The quantitative estimate of drug-likeness (QED) is 0.309. The fraction of sp³-hybridized carbons (Fsp3) is 0.355. The highest BCUT2D eigenvalue weighted by atomic mass is 35.5. The number of benzene rings is 2. The summed E-state index contributed by atoms with van der Waals surface area (Å²) in [6, 6.07) is 15.3. The van der Waals surface area contributed by atoms with Crippen molar-refractivity contribution in [3.05, 3.63) is 92.6 Å². The number of carbonyl (C=O) groups excluding carboxylic acids is 1. The molecule has 1 aromatic heterocycles. The number of carboxylic acids is 1. The average Bonchev–Trinajstić information content (AvgIpc) is 3.31.